The smallest absolute Gasteiger partial charge is 0.255 e. The molecule has 0 radical (unpaired) electrons. The number of aryl methyl sites for hydroxylation is 1. The molecule has 0 unspecified atom stereocenters. The fraction of sp³-hybridized carbons (Fsp3) is 0.400. The molecule has 282 valence electrons. The van der Waals surface area contributed by atoms with Crippen molar-refractivity contribution >= 4 is 23.4 Å². The summed E-state index contributed by atoms with van der Waals surface area (Å²) in [6, 6.07) is 29.0. The Morgan fingerprint density at radius 2 is 1.65 bits per heavy atom. The zero-order valence-electron chi connectivity index (χ0n) is 30.9. The number of nitrogens with zero attached hydrogens (tertiary/aromatic N) is 3. The zero-order chi connectivity index (χ0) is 37.3. The molecule has 0 saturated carbocycles. The number of imide groups is 1. The molecule has 1 aliphatic carbocycles. The summed E-state index contributed by atoms with van der Waals surface area (Å²) in [5, 5.41) is 12.6. The van der Waals surface area contributed by atoms with Crippen LogP contribution >= 0.6 is 0 Å². The Morgan fingerprint density at radius 3 is 2.44 bits per heavy atom. The lowest BCUT2D eigenvalue weighted by atomic mass is 9.69. The first-order valence-electron chi connectivity index (χ1n) is 19.8. The van der Waals surface area contributed by atoms with E-state index in [9.17, 15) is 19.5 Å². The van der Waals surface area contributed by atoms with Gasteiger partial charge in [0.05, 0.1) is 6.54 Å². The number of phenols is 1. The van der Waals surface area contributed by atoms with Gasteiger partial charge in [0.1, 0.15) is 24.5 Å². The van der Waals surface area contributed by atoms with Gasteiger partial charge in [-0.2, -0.15) is 0 Å². The fourth-order valence-corrected chi connectivity index (χ4v) is 10.4. The minimum Gasteiger partial charge on any atom is -0.508 e. The number of likely N-dealkylation sites (tertiary alicyclic amines) is 1. The number of hydrogen-bond donors (Lipinski definition) is 2. The number of ether oxygens (including phenoxy) is 2. The highest BCUT2D eigenvalue weighted by molar-refractivity contribution is 6.05. The number of hydrogen-bond acceptors (Lipinski definition) is 8. The predicted molar refractivity (Wildman–Crippen MR) is 207 cm³/mol. The second-order valence-corrected chi connectivity index (χ2v) is 16.5. The molecule has 0 bridgehead atoms. The van der Waals surface area contributed by atoms with E-state index in [1.165, 1.54) is 27.9 Å². The summed E-state index contributed by atoms with van der Waals surface area (Å²) < 4.78 is 12.7. The van der Waals surface area contributed by atoms with Gasteiger partial charge in [-0.25, -0.2) is 0 Å². The fourth-order valence-electron chi connectivity index (χ4n) is 10.4. The van der Waals surface area contributed by atoms with Gasteiger partial charge in [-0.15, -0.1) is 0 Å². The molecule has 1 spiro atoms. The summed E-state index contributed by atoms with van der Waals surface area (Å²) in [7, 11) is 0. The topological polar surface area (TPSA) is 112 Å². The largest absolute Gasteiger partial charge is 0.508 e. The van der Waals surface area contributed by atoms with E-state index >= 15 is 0 Å². The maximum absolute atomic E-state index is 13.2. The molecule has 2 N–H and O–H groups in total. The third-order valence-corrected chi connectivity index (χ3v) is 13.2. The van der Waals surface area contributed by atoms with Crippen molar-refractivity contribution in [1.29, 1.82) is 0 Å². The van der Waals surface area contributed by atoms with Crippen LogP contribution in [0.25, 0.3) is 0 Å². The van der Waals surface area contributed by atoms with Crippen LogP contribution in [-0.4, -0.2) is 84.1 Å². The number of rotatable bonds is 6. The van der Waals surface area contributed by atoms with Crippen LogP contribution < -0.4 is 19.7 Å². The van der Waals surface area contributed by atoms with E-state index in [0.29, 0.717) is 47.2 Å². The number of nitrogens with one attached hydrogen (secondary N) is 1. The van der Waals surface area contributed by atoms with Gasteiger partial charge in [0.25, 0.3) is 5.91 Å². The van der Waals surface area contributed by atoms with Crippen molar-refractivity contribution in [1.82, 2.24) is 15.1 Å². The molecule has 4 aromatic rings. The van der Waals surface area contributed by atoms with E-state index in [1.807, 2.05) is 18.2 Å². The van der Waals surface area contributed by atoms with Crippen molar-refractivity contribution in [3.63, 3.8) is 0 Å². The van der Waals surface area contributed by atoms with Gasteiger partial charge in [0.2, 0.25) is 11.8 Å². The zero-order valence-corrected chi connectivity index (χ0v) is 30.9. The minimum atomic E-state index is -0.660. The molecule has 55 heavy (non-hydrogen) atoms. The SMILES string of the molecule is O=C1CC[C@H](N2Cc3c(ccc4c3OC[C@@H](CN3CC5(CCN(c6ccc([C@@H]7c8ccc(O)cc8CC[C@@H]7c7ccccc7)cc6)CC5)C3)O4)C2=O)C(=O)N1. The Bertz CT molecular complexity index is 2160. The molecule has 5 aliphatic heterocycles. The average Bonchev–Trinajstić information content (AvgIpc) is 3.53. The van der Waals surface area contributed by atoms with Gasteiger partial charge in [0.15, 0.2) is 11.5 Å². The first-order chi connectivity index (χ1) is 26.8. The molecular weight excluding hydrogens is 693 g/mol. The van der Waals surface area contributed by atoms with Gasteiger partial charge in [0, 0.05) is 61.9 Å². The van der Waals surface area contributed by atoms with E-state index in [1.54, 1.807) is 11.0 Å². The van der Waals surface area contributed by atoms with E-state index < -0.39 is 11.9 Å². The van der Waals surface area contributed by atoms with E-state index in [-0.39, 0.29) is 36.8 Å². The molecule has 0 aromatic heterocycles. The summed E-state index contributed by atoms with van der Waals surface area (Å²) in [6.07, 6.45) is 4.80. The van der Waals surface area contributed by atoms with Crippen molar-refractivity contribution in [2.45, 2.75) is 69.1 Å². The summed E-state index contributed by atoms with van der Waals surface area (Å²) in [5.41, 5.74) is 8.20. The molecule has 5 heterocycles. The van der Waals surface area contributed by atoms with E-state index in [2.05, 4.69) is 75.8 Å². The third-order valence-electron chi connectivity index (χ3n) is 13.2. The monoisotopic (exact) mass is 738 g/mol. The molecule has 6 aliphatic rings. The summed E-state index contributed by atoms with van der Waals surface area (Å²) in [4.78, 5) is 44.0. The Kier molecular flexibility index (Phi) is 8.35. The van der Waals surface area contributed by atoms with Crippen LogP contribution in [0.1, 0.15) is 82.1 Å². The van der Waals surface area contributed by atoms with Crippen LogP contribution in [0, 0.1) is 5.41 Å². The van der Waals surface area contributed by atoms with E-state index in [0.717, 1.165) is 64.0 Å². The number of amides is 3. The molecule has 10 nitrogen and oxygen atoms in total. The normalized spacial score (nSPS) is 25.6. The van der Waals surface area contributed by atoms with Gasteiger partial charge in [-0.3, -0.25) is 24.6 Å². The maximum Gasteiger partial charge on any atom is 0.255 e. The quantitative estimate of drug-likeness (QED) is 0.241. The van der Waals surface area contributed by atoms with Crippen molar-refractivity contribution in [3.05, 3.63) is 118 Å². The molecule has 3 amide bonds. The summed E-state index contributed by atoms with van der Waals surface area (Å²) in [6.45, 7) is 5.67. The van der Waals surface area contributed by atoms with Crippen LogP contribution in [0.2, 0.25) is 0 Å². The highest BCUT2D eigenvalue weighted by Crippen LogP contribution is 2.48. The van der Waals surface area contributed by atoms with Gasteiger partial charge >= 0.3 is 0 Å². The molecule has 10 heteroatoms. The lowest BCUT2D eigenvalue weighted by molar-refractivity contribution is -0.136. The number of carbonyl (C=O) groups is 3. The van der Waals surface area contributed by atoms with Crippen LogP contribution in [-0.2, 0) is 22.6 Å². The molecule has 4 atom stereocenters. The molecule has 4 aromatic carbocycles. The van der Waals surface area contributed by atoms with Crippen molar-refractivity contribution < 1.29 is 29.0 Å². The summed E-state index contributed by atoms with van der Waals surface area (Å²) in [5.74, 6) is 1.30. The molecule has 3 saturated heterocycles. The minimum absolute atomic E-state index is 0.104. The van der Waals surface area contributed by atoms with Gasteiger partial charge in [-0.1, -0.05) is 48.5 Å². The molecule has 3 fully saturated rings. The standard InChI is InChI=1S/C45H46N4O6/c50-32-11-13-35-30(22-32)8-12-34(28-4-2-1-3-5-28)41(35)29-6-9-31(10-7-29)48-20-18-45(19-21-48)26-47(27-45)23-33-25-54-42-37-24-49(38-15-17-40(51)46-43(38)52)44(53)36(37)14-16-39(42)55-33/h1-7,9-11,13-14,16,22,33-34,38,41,50H,8,12,15,17-21,23-27H2,(H,46,51,52)/t33-,34-,38+,41+/m1/s1. The number of benzene rings is 4. The second-order valence-electron chi connectivity index (χ2n) is 16.5. The van der Waals surface area contributed by atoms with Crippen LogP contribution in [0.4, 0.5) is 5.69 Å². The molecule has 10 rings (SSSR count). The first-order valence-corrected chi connectivity index (χ1v) is 19.8. The lowest BCUT2D eigenvalue weighted by Gasteiger charge is -2.55. The van der Waals surface area contributed by atoms with Crippen molar-refractivity contribution in [2.75, 3.05) is 44.2 Å². The highest BCUT2D eigenvalue weighted by Gasteiger charge is 2.46. The van der Waals surface area contributed by atoms with Gasteiger partial charge < -0.3 is 24.4 Å². The number of fused-ring (bicyclic) bond motifs is 4. The third kappa shape index (κ3) is 6.11. The van der Waals surface area contributed by atoms with Crippen LogP contribution in [0.5, 0.6) is 17.2 Å². The van der Waals surface area contributed by atoms with Crippen molar-refractivity contribution in [2.24, 2.45) is 5.41 Å². The number of phenolic OH excluding ortho intramolecular Hbond substituents is 1. The van der Waals surface area contributed by atoms with Crippen LogP contribution in [0.3, 0.4) is 0 Å². The number of anilines is 1. The number of piperidine rings is 2. The maximum atomic E-state index is 13.2. The van der Waals surface area contributed by atoms with Crippen LogP contribution in [0.15, 0.2) is 84.9 Å². The Labute approximate surface area is 321 Å². The predicted octanol–water partition coefficient (Wildman–Crippen LogP) is 5.76. The first kappa shape index (κ1) is 34.2. The van der Waals surface area contributed by atoms with E-state index in [4.69, 9.17) is 9.47 Å². The average molecular weight is 739 g/mol. The van der Waals surface area contributed by atoms with Gasteiger partial charge in [-0.05, 0) is 102 Å². The Hall–Kier alpha value is -5.35. The van der Waals surface area contributed by atoms with Crippen molar-refractivity contribution in [3.8, 4) is 17.2 Å². The summed E-state index contributed by atoms with van der Waals surface area (Å²) >= 11 is 0. The Morgan fingerprint density at radius 1 is 0.855 bits per heavy atom. The highest BCUT2D eigenvalue weighted by atomic mass is 16.6. The second kappa shape index (κ2) is 13.4. The molecular formula is C45H46N4O6. The lowest BCUT2D eigenvalue weighted by Crippen LogP contribution is -2.62. The number of carbonyl (C=O) groups excluding carboxylic acids is 3. The number of aromatic hydroxyl groups is 1. The Balaban J connectivity index is 0.746.